The van der Waals surface area contributed by atoms with Crippen LogP contribution in [0.1, 0.15) is 65.9 Å². The number of carbonyl (C=O) groups is 1. The molecule has 0 aliphatic carbocycles. The average Bonchev–Trinajstić information content (AvgIpc) is 2.70. The highest BCUT2D eigenvalue weighted by Gasteiger charge is 2.27. The zero-order chi connectivity index (χ0) is 22.4. The molecule has 2 atom stereocenters. The van der Waals surface area contributed by atoms with Crippen LogP contribution in [0.3, 0.4) is 0 Å². The van der Waals surface area contributed by atoms with Gasteiger partial charge in [0.15, 0.2) is 0 Å². The number of benzene rings is 1. The van der Waals surface area contributed by atoms with Crippen LogP contribution in [0, 0.1) is 5.92 Å². The normalized spacial score (nSPS) is 23.7. The Kier molecular flexibility index (Phi) is 8.40. The van der Waals surface area contributed by atoms with E-state index in [1.54, 1.807) is 0 Å². The number of rotatable bonds is 7. The van der Waals surface area contributed by atoms with Crippen LogP contribution in [0.4, 0.5) is 0 Å². The highest BCUT2D eigenvalue weighted by atomic mass is 16.5. The maximum absolute atomic E-state index is 12.6. The highest BCUT2D eigenvalue weighted by Crippen LogP contribution is 2.25. The standard InChI is InChI=1S/C26H42N2O3/c1-20-17-27(18-21(2)31-20)19-22-12-14-28(15-13-22)25(29)7-6-16-30-24-10-8-23(9-11-24)26(3,4)5/h8-11,20-22H,6-7,12-19H2,1-5H3. The SMILES string of the molecule is CC1CN(CC2CCN(C(=O)CCCOc3ccc(C(C)(C)C)cc3)CC2)CC(C)O1. The quantitative estimate of drug-likeness (QED) is 0.598. The van der Waals surface area contributed by atoms with Crippen molar-refractivity contribution in [3.05, 3.63) is 29.8 Å². The Morgan fingerprint density at radius 1 is 1.06 bits per heavy atom. The third kappa shape index (κ3) is 7.50. The highest BCUT2D eigenvalue weighted by molar-refractivity contribution is 5.76. The molecule has 2 saturated heterocycles. The second-order valence-electron chi connectivity index (χ2n) is 10.5. The lowest BCUT2D eigenvalue weighted by Gasteiger charge is -2.39. The molecule has 2 heterocycles. The van der Waals surface area contributed by atoms with E-state index in [2.05, 4.69) is 56.6 Å². The Bertz CT molecular complexity index is 680. The third-order valence-electron chi connectivity index (χ3n) is 6.50. The van der Waals surface area contributed by atoms with Gasteiger partial charge < -0.3 is 14.4 Å². The van der Waals surface area contributed by atoms with E-state index in [1.807, 2.05) is 12.1 Å². The largest absolute Gasteiger partial charge is 0.494 e. The summed E-state index contributed by atoms with van der Waals surface area (Å²) in [5, 5.41) is 0. The molecule has 5 heteroatoms. The van der Waals surface area contributed by atoms with Crippen molar-refractivity contribution in [3.8, 4) is 5.75 Å². The number of piperidine rings is 1. The van der Waals surface area contributed by atoms with Gasteiger partial charge in [0.05, 0.1) is 18.8 Å². The molecule has 31 heavy (non-hydrogen) atoms. The minimum Gasteiger partial charge on any atom is -0.494 e. The minimum atomic E-state index is 0.150. The van der Waals surface area contributed by atoms with Crippen molar-refractivity contribution in [3.63, 3.8) is 0 Å². The molecule has 174 valence electrons. The first-order valence-electron chi connectivity index (χ1n) is 12.1. The molecule has 2 aliphatic rings. The number of nitrogens with zero attached hydrogens (tertiary/aromatic N) is 2. The number of morpholine rings is 1. The minimum absolute atomic E-state index is 0.150. The van der Waals surface area contributed by atoms with E-state index in [0.717, 1.165) is 57.7 Å². The molecule has 0 saturated carbocycles. The molecular formula is C26H42N2O3. The lowest BCUT2D eigenvalue weighted by molar-refractivity contribution is -0.133. The lowest BCUT2D eigenvalue weighted by atomic mass is 9.87. The maximum Gasteiger partial charge on any atom is 0.222 e. The van der Waals surface area contributed by atoms with Crippen LogP contribution in [0.25, 0.3) is 0 Å². The number of hydrogen-bond donors (Lipinski definition) is 0. The van der Waals surface area contributed by atoms with Crippen molar-refractivity contribution in [2.75, 3.05) is 39.3 Å². The van der Waals surface area contributed by atoms with Crippen molar-refractivity contribution in [2.24, 2.45) is 5.92 Å². The summed E-state index contributed by atoms with van der Waals surface area (Å²) in [6.45, 7) is 16.5. The van der Waals surface area contributed by atoms with E-state index in [-0.39, 0.29) is 11.3 Å². The Balaban J connectivity index is 1.31. The maximum atomic E-state index is 12.6. The number of ether oxygens (including phenoxy) is 2. The number of carbonyl (C=O) groups excluding carboxylic acids is 1. The van der Waals surface area contributed by atoms with Crippen molar-refractivity contribution < 1.29 is 14.3 Å². The van der Waals surface area contributed by atoms with Crippen LogP contribution in [0.2, 0.25) is 0 Å². The molecule has 2 fully saturated rings. The van der Waals surface area contributed by atoms with Gasteiger partial charge in [0.1, 0.15) is 5.75 Å². The van der Waals surface area contributed by atoms with Crippen molar-refractivity contribution in [1.82, 2.24) is 9.80 Å². The van der Waals surface area contributed by atoms with Crippen LogP contribution in [-0.4, -0.2) is 67.2 Å². The summed E-state index contributed by atoms with van der Waals surface area (Å²) in [5.74, 6) is 1.85. The summed E-state index contributed by atoms with van der Waals surface area (Å²) in [7, 11) is 0. The van der Waals surface area contributed by atoms with Gasteiger partial charge in [-0.1, -0.05) is 32.9 Å². The molecule has 0 spiro atoms. The van der Waals surface area contributed by atoms with Gasteiger partial charge in [-0.15, -0.1) is 0 Å². The van der Waals surface area contributed by atoms with Crippen LogP contribution in [0.5, 0.6) is 5.75 Å². The average molecular weight is 431 g/mol. The molecule has 0 radical (unpaired) electrons. The summed E-state index contributed by atoms with van der Waals surface area (Å²) in [6, 6.07) is 8.32. The molecule has 2 aliphatic heterocycles. The predicted molar refractivity (Wildman–Crippen MR) is 126 cm³/mol. The molecule has 1 aromatic carbocycles. The van der Waals surface area contributed by atoms with E-state index in [4.69, 9.17) is 9.47 Å². The van der Waals surface area contributed by atoms with Gasteiger partial charge in [-0.25, -0.2) is 0 Å². The van der Waals surface area contributed by atoms with Crippen molar-refractivity contribution >= 4 is 5.91 Å². The Morgan fingerprint density at radius 2 is 1.68 bits per heavy atom. The van der Waals surface area contributed by atoms with E-state index in [0.29, 0.717) is 31.2 Å². The van der Waals surface area contributed by atoms with Crippen LogP contribution < -0.4 is 4.74 Å². The van der Waals surface area contributed by atoms with E-state index in [1.165, 1.54) is 5.56 Å². The molecule has 0 N–H and O–H groups in total. The molecular weight excluding hydrogens is 388 g/mol. The van der Waals surface area contributed by atoms with Gasteiger partial charge in [0.2, 0.25) is 5.91 Å². The van der Waals surface area contributed by atoms with Gasteiger partial charge in [0, 0.05) is 39.1 Å². The molecule has 1 aromatic rings. The first kappa shape index (κ1) is 24.1. The Labute approximate surface area is 189 Å². The zero-order valence-electron chi connectivity index (χ0n) is 20.2. The van der Waals surface area contributed by atoms with Crippen molar-refractivity contribution in [2.45, 2.75) is 77.9 Å². The summed E-state index contributed by atoms with van der Waals surface area (Å²) in [6.07, 6.45) is 4.21. The van der Waals surface area contributed by atoms with E-state index in [9.17, 15) is 4.79 Å². The van der Waals surface area contributed by atoms with E-state index >= 15 is 0 Å². The molecule has 2 unspecified atom stereocenters. The third-order valence-corrected chi connectivity index (χ3v) is 6.50. The fourth-order valence-corrected chi connectivity index (χ4v) is 4.79. The monoisotopic (exact) mass is 430 g/mol. The smallest absolute Gasteiger partial charge is 0.222 e. The Hall–Kier alpha value is -1.59. The Morgan fingerprint density at radius 3 is 2.26 bits per heavy atom. The summed E-state index contributed by atoms with van der Waals surface area (Å²) < 4.78 is 11.7. The first-order chi connectivity index (χ1) is 14.7. The lowest BCUT2D eigenvalue weighted by Crippen LogP contribution is -2.48. The fraction of sp³-hybridized carbons (Fsp3) is 0.731. The van der Waals surface area contributed by atoms with Gasteiger partial charge in [-0.3, -0.25) is 9.69 Å². The van der Waals surface area contributed by atoms with Gasteiger partial charge in [-0.2, -0.15) is 0 Å². The fourth-order valence-electron chi connectivity index (χ4n) is 4.79. The van der Waals surface area contributed by atoms with Gasteiger partial charge >= 0.3 is 0 Å². The van der Waals surface area contributed by atoms with Crippen molar-refractivity contribution in [1.29, 1.82) is 0 Å². The first-order valence-corrected chi connectivity index (χ1v) is 12.1. The second-order valence-corrected chi connectivity index (χ2v) is 10.5. The zero-order valence-corrected chi connectivity index (χ0v) is 20.2. The summed E-state index contributed by atoms with van der Waals surface area (Å²) >= 11 is 0. The van der Waals surface area contributed by atoms with Crippen LogP contribution >= 0.6 is 0 Å². The molecule has 5 nitrogen and oxygen atoms in total. The van der Waals surface area contributed by atoms with Gasteiger partial charge in [0.25, 0.3) is 0 Å². The topological polar surface area (TPSA) is 42.0 Å². The number of hydrogen-bond acceptors (Lipinski definition) is 4. The molecule has 3 rings (SSSR count). The molecule has 1 amide bonds. The van der Waals surface area contributed by atoms with Gasteiger partial charge in [-0.05, 0) is 62.1 Å². The number of amides is 1. The van der Waals surface area contributed by atoms with Crippen LogP contribution in [0.15, 0.2) is 24.3 Å². The predicted octanol–water partition coefficient (Wildman–Crippen LogP) is 4.49. The summed E-state index contributed by atoms with van der Waals surface area (Å²) in [4.78, 5) is 17.2. The second kappa shape index (κ2) is 10.8. The number of likely N-dealkylation sites (tertiary alicyclic amines) is 1. The molecule has 0 bridgehead atoms. The van der Waals surface area contributed by atoms with E-state index < -0.39 is 0 Å². The molecule has 0 aromatic heterocycles. The van der Waals surface area contributed by atoms with Crippen LogP contribution in [-0.2, 0) is 14.9 Å². The summed E-state index contributed by atoms with van der Waals surface area (Å²) in [5.41, 5.74) is 1.45.